The Balaban J connectivity index is 1.23. The van der Waals surface area contributed by atoms with Crippen LogP contribution in [0.2, 0.25) is 0 Å². The van der Waals surface area contributed by atoms with Crippen molar-refractivity contribution >= 4 is 5.91 Å². The highest BCUT2D eigenvalue weighted by atomic mass is 19.4. The third-order valence-corrected chi connectivity index (χ3v) is 5.88. The lowest BCUT2D eigenvalue weighted by Crippen LogP contribution is -2.44. The van der Waals surface area contributed by atoms with Gasteiger partial charge in [-0.15, -0.1) is 0 Å². The highest BCUT2D eigenvalue weighted by Gasteiger charge is 2.30. The van der Waals surface area contributed by atoms with Gasteiger partial charge in [-0.25, -0.2) is 0 Å². The molecule has 1 amide bonds. The molecule has 7 heteroatoms. The van der Waals surface area contributed by atoms with E-state index in [1.165, 1.54) is 25.0 Å². The fourth-order valence-electron chi connectivity index (χ4n) is 3.81. The standard InChI is InChI=1S/C24H27F3N2O2/c25-24(26,27)20-3-1-2-18(14-20)15-29-12-10-21(11-13-29)28-23(30)19-6-8-22(9-7-19)31-16-17-4-5-17/h1-3,6-9,14,17,21H,4-5,10-13,15-16H2,(H,28,30). The highest BCUT2D eigenvalue weighted by Crippen LogP contribution is 2.30. The third kappa shape index (κ3) is 6.23. The van der Waals surface area contributed by atoms with Gasteiger partial charge in [0.1, 0.15) is 5.75 Å². The maximum Gasteiger partial charge on any atom is 0.416 e. The summed E-state index contributed by atoms with van der Waals surface area (Å²) in [5, 5.41) is 3.07. The molecule has 2 fully saturated rings. The lowest BCUT2D eigenvalue weighted by molar-refractivity contribution is -0.137. The summed E-state index contributed by atoms with van der Waals surface area (Å²) in [5.41, 5.74) is 0.641. The number of nitrogens with zero attached hydrogens (tertiary/aromatic N) is 1. The normalized spacial score (nSPS) is 18.0. The van der Waals surface area contributed by atoms with Crippen molar-refractivity contribution in [1.29, 1.82) is 0 Å². The van der Waals surface area contributed by atoms with E-state index in [4.69, 9.17) is 4.74 Å². The molecule has 0 atom stereocenters. The average Bonchev–Trinajstić information content (AvgIpc) is 3.58. The minimum atomic E-state index is -4.32. The maximum atomic E-state index is 12.9. The molecule has 1 aliphatic heterocycles. The lowest BCUT2D eigenvalue weighted by atomic mass is 10.0. The maximum absolute atomic E-state index is 12.9. The molecule has 4 nitrogen and oxygen atoms in total. The van der Waals surface area contributed by atoms with E-state index in [1.807, 2.05) is 12.1 Å². The molecule has 4 rings (SSSR count). The molecule has 1 N–H and O–H groups in total. The Kier molecular flexibility index (Phi) is 6.51. The van der Waals surface area contributed by atoms with Gasteiger partial charge in [0.05, 0.1) is 12.2 Å². The van der Waals surface area contributed by atoms with Gasteiger partial charge in [0.15, 0.2) is 0 Å². The second-order valence-electron chi connectivity index (χ2n) is 8.50. The van der Waals surface area contributed by atoms with Crippen molar-refractivity contribution in [2.45, 2.75) is 44.4 Å². The van der Waals surface area contributed by atoms with Crippen LogP contribution in [0.5, 0.6) is 5.75 Å². The zero-order chi connectivity index (χ0) is 21.8. The minimum absolute atomic E-state index is 0.0658. The van der Waals surface area contributed by atoms with Crippen LogP contribution in [0.15, 0.2) is 48.5 Å². The Hall–Kier alpha value is -2.54. The van der Waals surface area contributed by atoms with Crippen LogP contribution in [0.4, 0.5) is 13.2 Å². The number of rotatable bonds is 7. The van der Waals surface area contributed by atoms with E-state index in [9.17, 15) is 18.0 Å². The van der Waals surface area contributed by atoms with Gasteiger partial charge in [-0.3, -0.25) is 9.69 Å². The van der Waals surface area contributed by atoms with Gasteiger partial charge < -0.3 is 10.1 Å². The van der Waals surface area contributed by atoms with Crippen LogP contribution in [-0.2, 0) is 12.7 Å². The molecule has 1 saturated carbocycles. The first-order valence-corrected chi connectivity index (χ1v) is 10.8. The summed E-state index contributed by atoms with van der Waals surface area (Å²) >= 11 is 0. The molecule has 2 aromatic carbocycles. The van der Waals surface area contributed by atoms with Crippen molar-refractivity contribution in [2.24, 2.45) is 5.92 Å². The number of ether oxygens (including phenoxy) is 1. The Morgan fingerprint density at radius 3 is 2.39 bits per heavy atom. The fourth-order valence-corrected chi connectivity index (χ4v) is 3.81. The van der Waals surface area contributed by atoms with E-state index in [-0.39, 0.29) is 11.9 Å². The SMILES string of the molecule is O=C(NC1CCN(Cc2cccc(C(F)(F)F)c2)CC1)c1ccc(OCC2CC2)cc1. The van der Waals surface area contributed by atoms with Crippen molar-refractivity contribution in [3.05, 3.63) is 65.2 Å². The van der Waals surface area contributed by atoms with Gasteiger partial charge >= 0.3 is 6.18 Å². The molecule has 166 valence electrons. The lowest BCUT2D eigenvalue weighted by Gasteiger charge is -2.32. The third-order valence-electron chi connectivity index (χ3n) is 5.88. The molecule has 0 unspecified atom stereocenters. The number of alkyl halides is 3. The molecular formula is C24H27F3N2O2. The number of piperidine rings is 1. The van der Waals surface area contributed by atoms with Crippen LogP contribution >= 0.6 is 0 Å². The molecule has 0 spiro atoms. The van der Waals surface area contributed by atoms with E-state index in [2.05, 4.69) is 10.2 Å². The van der Waals surface area contributed by atoms with Crippen molar-refractivity contribution in [3.8, 4) is 5.75 Å². The van der Waals surface area contributed by atoms with Gasteiger partial charge in [-0.1, -0.05) is 18.2 Å². The second kappa shape index (κ2) is 9.30. The number of hydrogen-bond donors (Lipinski definition) is 1. The van der Waals surface area contributed by atoms with Crippen molar-refractivity contribution in [3.63, 3.8) is 0 Å². The molecule has 2 aromatic rings. The van der Waals surface area contributed by atoms with Crippen LogP contribution < -0.4 is 10.1 Å². The van der Waals surface area contributed by atoms with Crippen LogP contribution in [0.25, 0.3) is 0 Å². The summed E-state index contributed by atoms with van der Waals surface area (Å²) in [6.07, 6.45) is -0.312. The Labute approximate surface area is 180 Å². The Bertz CT molecular complexity index is 886. The van der Waals surface area contributed by atoms with Crippen molar-refractivity contribution in [2.75, 3.05) is 19.7 Å². The number of likely N-dealkylation sites (tertiary alicyclic amines) is 1. The molecule has 1 saturated heterocycles. The second-order valence-corrected chi connectivity index (χ2v) is 8.50. The molecule has 1 aliphatic carbocycles. The summed E-state index contributed by atoms with van der Waals surface area (Å²) < 4.78 is 44.4. The summed E-state index contributed by atoms with van der Waals surface area (Å²) in [6.45, 7) is 2.68. The first kappa shape index (κ1) is 21.7. The quantitative estimate of drug-likeness (QED) is 0.678. The number of nitrogens with one attached hydrogen (secondary N) is 1. The minimum Gasteiger partial charge on any atom is -0.493 e. The highest BCUT2D eigenvalue weighted by molar-refractivity contribution is 5.94. The first-order chi connectivity index (χ1) is 14.9. The first-order valence-electron chi connectivity index (χ1n) is 10.8. The number of halogens is 3. The molecule has 0 radical (unpaired) electrons. The summed E-state index contributed by atoms with van der Waals surface area (Å²) in [5.74, 6) is 1.36. The molecule has 0 aromatic heterocycles. The van der Waals surface area contributed by atoms with Crippen LogP contribution in [0.3, 0.4) is 0 Å². The molecule has 0 bridgehead atoms. The number of benzene rings is 2. The van der Waals surface area contributed by atoms with E-state index >= 15 is 0 Å². The number of amides is 1. The molecular weight excluding hydrogens is 405 g/mol. The van der Waals surface area contributed by atoms with E-state index in [0.717, 1.165) is 44.4 Å². The number of hydrogen-bond acceptors (Lipinski definition) is 3. The van der Waals surface area contributed by atoms with Crippen molar-refractivity contribution in [1.82, 2.24) is 10.2 Å². The predicted octanol–water partition coefficient (Wildman–Crippen LogP) is 4.89. The van der Waals surface area contributed by atoms with E-state index in [1.54, 1.807) is 18.2 Å². The van der Waals surface area contributed by atoms with Gasteiger partial charge in [-0.05, 0) is 67.5 Å². The van der Waals surface area contributed by atoms with E-state index in [0.29, 0.717) is 23.6 Å². The topological polar surface area (TPSA) is 41.6 Å². The fraction of sp³-hybridized carbons (Fsp3) is 0.458. The van der Waals surface area contributed by atoms with Crippen LogP contribution in [0, 0.1) is 5.92 Å². The molecule has 1 heterocycles. The zero-order valence-corrected chi connectivity index (χ0v) is 17.3. The van der Waals surface area contributed by atoms with E-state index < -0.39 is 11.7 Å². The summed E-state index contributed by atoms with van der Waals surface area (Å²) in [6, 6.07) is 12.8. The number of carbonyl (C=O) groups excluding carboxylic acids is 1. The van der Waals surface area contributed by atoms with Gasteiger partial charge in [0.25, 0.3) is 5.91 Å². The van der Waals surface area contributed by atoms with Crippen LogP contribution in [-0.4, -0.2) is 36.5 Å². The van der Waals surface area contributed by atoms with Gasteiger partial charge in [-0.2, -0.15) is 13.2 Å². The Morgan fingerprint density at radius 2 is 1.74 bits per heavy atom. The Morgan fingerprint density at radius 1 is 1.03 bits per heavy atom. The largest absolute Gasteiger partial charge is 0.493 e. The zero-order valence-electron chi connectivity index (χ0n) is 17.3. The van der Waals surface area contributed by atoms with Gasteiger partial charge in [0.2, 0.25) is 0 Å². The summed E-state index contributed by atoms with van der Waals surface area (Å²) in [4.78, 5) is 14.7. The van der Waals surface area contributed by atoms with Gasteiger partial charge in [0, 0.05) is 31.2 Å². The average molecular weight is 432 g/mol. The van der Waals surface area contributed by atoms with Crippen molar-refractivity contribution < 1.29 is 22.7 Å². The predicted molar refractivity (Wildman–Crippen MR) is 112 cm³/mol. The smallest absolute Gasteiger partial charge is 0.416 e. The summed E-state index contributed by atoms with van der Waals surface area (Å²) in [7, 11) is 0. The molecule has 2 aliphatic rings. The van der Waals surface area contributed by atoms with Crippen LogP contribution in [0.1, 0.15) is 47.2 Å². The molecule has 31 heavy (non-hydrogen) atoms. The monoisotopic (exact) mass is 432 g/mol. The number of carbonyl (C=O) groups is 1.